The van der Waals surface area contributed by atoms with Gasteiger partial charge in [0, 0.05) is 5.39 Å². The van der Waals surface area contributed by atoms with Gasteiger partial charge in [-0.15, -0.1) is 22.7 Å². The first-order chi connectivity index (χ1) is 5.70. The minimum atomic E-state index is -1.20. The molecule has 0 bridgehead atoms. The Balaban J connectivity index is 2.78. The predicted molar refractivity (Wildman–Crippen MR) is 49.0 cm³/mol. The molecule has 0 saturated carbocycles. The zero-order chi connectivity index (χ0) is 8.72. The third kappa shape index (κ3) is 1.03. The second kappa shape index (κ2) is 2.73. The van der Waals surface area contributed by atoms with Gasteiger partial charge in [0.15, 0.2) is 0 Å². The monoisotopic (exact) mass is 217 g/mol. The van der Waals surface area contributed by atoms with E-state index < -0.39 is 5.97 Å². The molecule has 0 aliphatic heterocycles. The Kier molecular flexibility index (Phi) is 1.83. The summed E-state index contributed by atoms with van der Waals surface area (Å²) in [5.74, 6) is -1.20. The average Bonchev–Trinajstić information content (AvgIpc) is 2.53. The molecule has 0 amide bonds. The number of halogens is 1. The molecule has 0 N–H and O–H groups in total. The van der Waals surface area contributed by atoms with Crippen LogP contribution in [0, 0.1) is 0 Å². The molecule has 0 aliphatic rings. The van der Waals surface area contributed by atoms with Crippen molar-refractivity contribution >= 4 is 49.6 Å². The van der Waals surface area contributed by atoms with Gasteiger partial charge in [0.1, 0.15) is 0 Å². The Morgan fingerprint density at radius 3 is 2.92 bits per heavy atom. The maximum Gasteiger partial charge on any atom is 0.0887 e. The van der Waals surface area contributed by atoms with Crippen LogP contribution < -0.4 is 5.11 Å². The van der Waals surface area contributed by atoms with Crippen LogP contribution in [0.15, 0.2) is 11.4 Å². The number of thiophene rings is 2. The molecule has 2 aromatic heterocycles. The smallest absolute Gasteiger partial charge is 0.0887 e. The van der Waals surface area contributed by atoms with Crippen LogP contribution in [-0.4, -0.2) is 5.97 Å². The molecule has 0 atom stereocenters. The number of aromatic carboxylic acids is 1. The van der Waals surface area contributed by atoms with E-state index in [0.717, 1.165) is 20.7 Å². The Labute approximate surface area is 81.0 Å². The van der Waals surface area contributed by atoms with E-state index in [0.29, 0.717) is 5.02 Å². The van der Waals surface area contributed by atoms with Crippen molar-refractivity contribution in [3.05, 3.63) is 21.3 Å². The van der Waals surface area contributed by atoms with Gasteiger partial charge in [0.05, 0.1) is 19.9 Å². The lowest BCUT2D eigenvalue weighted by Gasteiger charge is -1.95. The fourth-order valence-electron chi connectivity index (χ4n) is 0.928. The minimum absolute atomic E-state index is 0.124. The molecule has 0 radical (unpaired) electrons. The summed E-state index contributed by atoms with van der Waals surface area (Å²) < 4.78 is 0.930. The molecule has 0 aliphatic carbocycles. The van der Waals surface area contributed by atoms with E-state index in [-0.39, 0.29) is 4.88 Å². The lowest BCUT2D eigenvalue weighted by Crippen LogP contribution is -2.21. The molecule has 0 aromatic carbocycles. The van der Waals surface area contributed by atoms with Crippen molar-refractivity contribution in [3.63, 3.8) is 0 Å². The Morgan fingerprint density at radius 2 is 2.33 bits per heavy atom. The largest absolute Gasteiger partial charge is 0.544 e. The molecule has 0 fully saturated rings. The summed E-state index contributed by atoms with van der Waals surface area (Å²) in [7, 11) is 0. The summed E-state index contributed by atoms with van der Waals surface area (Å²) >= 11 is 8.44. The first-order valence-electron chi connectivity index (χ1n) is 3.07. The number of carbonyl (C=O) groups excluding carboxylic acids is 1. The quantitative estimate of drug-likeness (QED) is 0.733. The zero-order valence-corrected chi connectivity index (χ0v) is 8.05. The summed E-state index contributed by atoms with van der Waals surface area (Å²) in [5, 5.41) is 13.5. The number of carboxylic acids is 1. The van der Waals surface area contributed by atoms with Crippen molar-refractivity contribution in [3.8, 4) is 0 Å². The lowest BCUT2D eigenvalue weighted by molar-refractivity contribution is -0.254. The lowest BCUT2D eigenvalue weighted by atomic mass is 10.4. The molecule has 0 saturated heterocycles. The van der Waals surface area contributed by atoms with Crippen LogP contribution in [0.5, 0.6) is 0 Å². The number of fused-ring (bicyclic) bond motifs is 1. The Hall–Kier alpha value is -0.580. The number of carboxylic acid groups (broad SMARTS) is 1. The van der Waals surface area contributed by atoms with E-state index in [1.807, 2.05) is 11.4 Å². The van der Waals surface area contributed by atoms with Crippen molar-refractivity contribution in [2.45, 2.75) is 0 Å². The molecular formula is C7H2ClO2S2-. The maximum atomic E-state index is 10.5. The van der Waals surface area contributed by atoms with Gasteiger partial charge in [0.25, 0.3) is 0 Å². The Bertz CT molecular complexity index is 443. The van der Waals surface area contributed by atoms with Crippen molar-refractivity contribution in [2.24, 2.45) is 0 Å². The molecule has 2 nitrogen and oxygen atoms in total. The van der Waals surface area contributed by atoms with Crippen molar-refractivity contribution < 1.29 is 9.90 Å². The van der Waals surface area contributed by atoms with E-state index in [9.17, 15) is 9.90 Å². The molecule has 2 heterocycles. The van der Waals surface area contributed by atoms with Crippen LogP contribution in [-0.2, 0) is 0 Å². The number of hydrogen-bond donors (Lipinski definition) is 0. The average molecular weight is 218 g/mol. The van der Waals surface area contributed by atoms with Crippen LogP contribution in [0.1, 0.15) is 9.67 Å². The molecule has 0 unspecified atom stereocenters. The van der Waals surface area contributed by atoms with Gasteiger partial charge >= 0.3 is 0 Å². The second-order valence-electron chi connectivity index (χ2n) is 2.15. The first-order valence-corrected chi connectivity index (χ1v) is 5.14. The van der Waals surface area contributed by atoms with Crippen LogP contribution in [0.25, 0.3) is 9.40 Å². The normalized spacial score (nSPS) is 10.8. The van der Waals surface area contributed by atoms with E-state index in [1.54, 1.807) is 0 Å². The van der Waals surface area contributed by atoms with Gasteiger partial charge in [-0.05, 0) is 11.4 Å². The van der Waals surface area contributed by atoms with Crippen LogP contribution >= 0.6 is 34.3 Å². The third-order valence-electron chi connectivity index (χ3n) is 1.45. The number of hydrogen-bond acceptors (Lipinski definition) is 4. The van der Waals surface area contributed by atoms with Gasteiger partial charge in [-0.1, -0.05) is 11.6 Å². The van der Waals surface area contributed by atoms with Crippen LogP contribution in [0.4, 0.5) is 0 Å². The molecule has 2 rings (SSSR count). The highest BCUT2D eigenvalue weighted by Gasteiger charge is 2.11. The summed E-state index contributed by atoms with van der Waals surface area (Å²) in [4.78, 5) is 10.6. The van der Waals surface area contributed by atoms with Gasteiger partial charge in [-0.3, -0.25) is 0 Å². The summed E-state index contributed by atoms with van der Waals surface area (Å²) in [6, 6.07) is 1.81. The van der Waals surface area contributed by atoms with Gasteiger partial charge in [-0.2, -0.15) is 0 Å². The molecule has 62 valence electrons. The molecule has 2 aromatic rings. The standard InChI is InChI=1S/C7H3ClO2S2/c8-4-3-1-2-11-7(3)12-5(4)6(9)10/h1-2H,(H,9,10)/p-1. The molecule has 0 spiro atoms. The molecule has 12 heavy (non-hydrogen) atoms. The maximum absolute atomic E-state index is 10.5. The van der Waals surface area contributed by atoms with Crippen LogP contribution in [0.2, 0.25) is 5.02 Å². The summed E-state index contributed by atoms with van der Waals surface area (Å²) in [6.07, 6.45) is 0. The number of rotatable bonds is 1. The van der Waals surface area contributed by atoms with E-state index >= 15 is 0 Å². The summed E-state index contributed by atoms with van der Waals surface area (Å²) in [6.45, 7) is 0. The molecular weight excluding hydrogens is 216 g/mol. The van der Waals surface area contributed by atoms with Crippen molar-refractivity contribution in [1.82, 2.24) is 0 Å². The highest BCUT2D eigenvalue weighted by molar-refractivity contribution is 7.38. The van der Waals surface area contributed by atoms with E-state index in [4.69, 9.17) is 11.6 Å². The fourth-order valence-corrected chi connectivity index (χ4v) is 3.37. The van der Waals surface area contributed by atoms with Crippen molar-refractivity contribution in [1.29, 1.82) is 0 Å². The van der Waals surface area contributed by atoms with E-state index in [2.05, 4.69) is 0 Å². The second-order valence-corrected chi connectivity index (χ2v) is 4.73. The topological polar surface area (TPSA) is 40.1 Å². The predicted octanol–water partition coefficient (Wildman–Crippen LogP) is 1.98. The van der Waals surface area contributed by atoms with Gasteiger partial charge in [0.2, 0.25) is 0 Å². The molecule has 5 heteroatoms. The summed E-state index contributed by atoms with van der Waals surface area (Å²) in [5.41, 5.74) is 0. The third-order valence-corrected chi connectivity index (χ3v) is 4.18. The fraction of sp³-hybridized carbons (Fsp3) is 0. The van der Waals surface area contributed by atoms with E-state index in [1.165, 1.54) is 11.3 Å². The SMILES string of the molecule is O=C([O-])c1sc2sccc2c1Cl. The zero-order valence-electron chi connectivity index (χ0n) is 5.67. The van der Waals surface area contributed by atoms with Gasteiger partial charge in [-0.25, -0.2) is 0 Å². The first kappa shape index (κ1) is 8.04. The van der Waals surface area contributed by atoms with Crippen LogP contribution in [0.3, 0.4) is 0 Å². The minimum Gasteiger partial charge on any atom is -0.544 e. The number of carbonyl (C=O) groups is 1. The highest BCUT2D eigenvalue weighted by Crippen LogP contribution is 2.37. The Morgan fingerprint density at radius 1 is 1.58 bits per heavy atom. The highest BCUT2D eigenvalue weighted by atomic mass is 35.5. The van der Waals surface area contributed by atoms with Gasteiger partial charge < -0.3 is 9.90 Å². The van der Waals surface area contributed by atoms with Crippen molar-refractivity contribution in [2.75, 3.05) is 0 Å².